The van der Waals surface area contributed by atoms with Crippen LogP contribution in [0.2, 0.25) is 0 Å². The largest absolute Gasteiger partial charge is 0.351 e. The molecule has 2 aromatic rings. The third-order valence-corrected chi connectivity index (χ3v) is 4.86. The number of benzene rings is 1. The maximum absolute atomic E-state index is 12.4. The van der Waals surface area contributed by atoms with Crippen LogP contribution < -0.4 is 10.6 Å². The fourth-order valence-corrected chi connectivity index (χ4v) is 3.25. The second-order valence-electron chi connectivity index (χ2n) is 6.55. The van der Waals surface area contributed by atoms with Gasteiger partial charge in [-0.25, -0.2) is 0 Å². The minimum Gasteiger partial charge on any atom is -0.351 e. The van der Waals surface area contributed by atoms with E-state index in [2.05, 4.69) is 15.7 Å². The number of hydrogen-bond acceptors (Lipinski definition) is 3. The average molecular weight is 340 g/mol. The summed E-state index contributed by atoms with van der Waals surface area (Å²) >= 11 is 0. The lowest BCUT2D eigenvalue weighted by atomic mass is 9.91. The predicted octanol–water partition coefficient (Wildman–Crippen LogP) is 1.80. The maximum Gasteiger partial charge on any atom is 0.220 e. The smallest absolute Gasteiger partial charge is 0.220 e. The van der Waals surface area contributed by atoms with Gasteiger partial charge in [0.15, 0.2) is 0 Å². The molecule has 1 aliphatic rings. The summed E-state index contributed by atoms with van der Waals surface area (Å²) in [5, 5.41) is 10.3. The summed E-state index contributed by atoms with van der Waals surface area (Å²) in [4.78, 5) is 24.2. The van der Waals surface area contributed by atoms with Gasteiger partial charge in [-0.1, -0.05) is 30.3 Å². The third kappa shape index (κ3) is 4.07. The van der Waals surface area contributed by atoms with Crippen molar-refractivity contribution in [2.45, 2.75) is 44.7 Å². The lowest BCUT2D eigenvalue weighted by Gasteiger charge is -2.33. The van der Waals surface area contributed by atoms with Crippen molar-refractivity contribution < 1.29 is 9.59 Å². The number of aryl methyl sites for hydroxylation is 2. The molecule has 2 N–H and O–H groups in total. The second-order valence-corrected chi connectivity index (χ2v) is 6.55. The van der Waals surface area contributed by atoms with E-state index in [0.29, 0.717) is 25.7 Å². The lowest BCUT2D eigenvalue weighted by Crippen LogP contribution is -2.50. The molecule has 1 saturated heterocycles. The van der Waals surface area contributed by atoms with Crippen molar-refractivity contribution in [3.8, 4) is 0 Å². The maximum atomic E-state index is 12.4. The Hall–Kier alpha value is -2.63. The highest BCUT2D eigenvalue weighted by atomic mass is 16.2. The Kier molecular flexibility index (Phi) is 5.16. The zero-order chi connectivity index (χ0) is 17.8. The summed E-state index contributed by atoms with van der Waals surface area (Å²) in [5.41, 5.74) is 3.19. The van der Waals surface area contributed by atoms with E-state index in [1.807, 2.05) is 55.2 Å². The van der Waals surface area contributed by atoms with Crippen LogP contribution >= 0.6 is 0 Å². The first-order valence-electron chi connectivity index (χ1n) is 8.65. The number of rotatable bonds is 5. The first-order valence-corrected chi connectivity index (χ1v) is 8.65. The molecule has 0 unspecified atom stereocenters. The number of nitrogens with one attached hydrogen (secondary N) is 2. The number of carbonyl (C=O) groups is 2. The predicted molar refractivity (Wildman–Crippen MR) is 94.8 cm³/mol. The van der Waals surface area contributed by atoms with Crippen LogP contribution in [0.1, 0.15) is 42.1 Å². The molecule has 1 aromatic carbocycles. The van der Waals surface area contributed by atoms with Crippen LogP contribution in [0.25, 0.3) is 0 Å². The summed E-state index contributed by atoms with van der Waals surface area (Å²) in [6, 6.07) is 9.54. The van der Waals surface area contributed by atoms with Crippen molar-refractivity contribution >= 4 is 11.8 Å². The normalized spacial score (nSPS) is 20.2. The van der Waals surface area contributed by atoms with Crippen LogP contribution in [-0.4, -0.2) is 27.6 Å². The quantitative estimate of drug-likeness (QED) is 0.871. The Balaban J connectivity index is 1.62. The molecule has 1 fully saturated rings. The molecule has 0 radical (unpaired) electrons. The summed E-state index contributed by atoms with van der Waals surface area (Å²) in [6.45, 7) is 2.00. The monoisotopic (exact) mass is 340 g/mol. The van der Waals surface area contributed by atoms with Crippen molar-refractivity contribution in [3.05, 3.63) is 53.3 Å². The van der Waals surface area contributed by atoms with Crippen molar-refractivity contribution in [3.63, 3.8) is 0 Å². The Morgan fingerprint density at radius 3 is 2.80 bits per heavy atom. The third-order valence-electron chi connectivity index (χ3n) is 4.86. The standard InChI is InChI=1S/C19H24N4O2/c1-13-15(12-20-23(13)2)8-10-17(24)21-16-9-11-18(25)22-19(16)14-6-4-3-5-7-14/h3-7,12,16,19H,8-11H2,1-2H3,(H,21,24)(H,22,25)/t16-,19+/m1/s1. The molecular weight excluding hydrogens is 316 g/mol. The van der Waals surface area contributed by atoms with Crippen LogP contribution in [0, 0.1) is 6.92 Å². The minimum atomic E-state index is -0.175. The van der Waals surface area contributed by atoms with Crippen LogP contribution in [0.5, 0.6) is 0 Å². The topological polar surface area (TPSA) is 76.0 Å². The molecule has 132 valence electrons. The fourth-order valence-electron chi connectivity index (χ4n) is 3.25. The van der Waals surface area contributed by atoms with E-state index in [0.717, 1.165) is 16.8 Å². The van der Waals surface area contributed by atoms with Gasteiger partial charge in [-0.2, -0.15) is 5.10 Å². The van der Waals surface area contributed by atoms with Gasteiger partial charge in [0.1, 0.15) is 0 Å². The van der Waals surface area contributed by atoms with Gasteiger partial charge in [0.05, 0.1) is 18.3 Å². The molecule has 3 rings (SSSR count). The Morgan fingerprint density at radius 1 is 1.36 bits per heavy atom. The zero-order valence-corrected chi connectivity index (χ0v) is 14.7. The van der Waals surface area contributed by atoms with Gasteiger partial charge < -0.3 is 10.6 Å². The molecule has 0 saturated carbocycles. The summed E-state index contributed by atoms with van der Waals surface area (Å²) in [5.74, 6) is 0.0377. The highest BCUT2D eigenvalue weighted by Gasteiger charge is 2.30. The molecule has 6 heteroatoms. The number of aromatic nitrogens is 2. The summed E-state index contributed by atoms with van der Waals surface area (Å²) < 4.78 is 1.81. The van der Waals surface area contributed by atoms with Gasteiger partial charge in [0.2, 0.25) is 11.8 Å². The SMILES string of the molecule is Cc1c(CCC(=O)N[C@@H]2CCC(=O)N[C@H]2c2ccccc2)cnn1C. The van der Waals surface area contributed by atoms with Crippen LogP contribution in [-0.2, 0) is 23.1 Å². The first kappa shape index (κ1) is 17.2. The van der Waals surface area contributed by atoms with Crippen LogP contribution in [0.3, 0.4) is 0 Å². The molecule has 25 heavy (non-hydrogen) atoms. The van der Waals surface area contributed by atoms with Gasteiger partial charge in [-0.15, -0.1) is 0 Å². The highest BCUT2D eigenvalue weighted by Crippen LogP contribution is 2.24. The van der Waals surface area contributed by atoms with Crippen molar-refractivity contribution in [2.24, 2.45) is 7.05 Å². The molecule has 1 aromatic heterocycles. The van der Waals surface area contributed by atoms with E-state index in [1.165, 1.54) is 0 Å². The van der Waals surface area contributed by atoms with E-state index < -0.39 is 0 Å². The lowest BCUT2D eigenvalue weighted by molar-refractivity contribution is -0.127. The molecular formula is C19H24N4O2. The molecule has 0 aliphatic carbocycles. The number of piperidine rings is 1. The molecule has 2 amide bonds. The molecule has 1 aliphatic heterocycles. The molecule has 0 spiro atoms. The zero-order valence-electron chi connectivity index (χ0n) is 14.7. The van der Waals surface area contributed by atoms with Crippen molar-refractivity contribution in [2.75, 3.05) is 0 Å². The highest BCUT2D eigenvalue weighted by molar-refractivity contribution is 5.79. The Morgan fingerprint density at radius 2 is 2.12 bits per heavy atom. The number of hydrogen-bond donors (Lipinski definition) is 2. The molecule has 2 heterocycles. The van der Waals surface area contributed by atoms with Gasteiger partial charge >= 0.3 is 0 Å². The summed E-state index contributed by atoms with van der Waals surface area (Å²) in [7, 11) is 1.90. The molecule has 6 nitrogen and oxygen atoms in total. The van der Waals surface area contributed by atoms with E-state index in [-0.39, 0.29) is 23.9 Å². The average Bonchev–Trinajstić information content (AvgIpc) is 2.94. The van der Waals surface area contributed by atoms with E-state index in [9.17, 15) is 9.59 Å². The van der Waals surface area contributed by atoms with Gasteiger partial charge in [-0.3, -0.25) is 14.3 Å². The van der Waals surface area contributed by atoms with Gasteiger partial charge in [-0.05, 0) is 30.9 Å². The van der Waals surface area contributed by atoms with Crippen LogP contribution in [0.4, 0.5) is 0 Å². The van der Waals surface area contributed by atoms with Crippen LogP contribution in [0.15, 0.2) is 36.5 Å². The van der Waals surface area contributed by atoms with Crippen molar-refractivity contribution in [1.82, 2.24) is 20.4 Å². The first-order chi connectivity index (χ1) is 12.0. The van der Waals surface area contributed by atoms with E-state index in [1.54, 1.807) is 0 Å². The summed E-state index contributed by atoms with van der Waals surface area (Å²) in [6.07, 6.45) is 3.99. The van der Waals surface area contributed by atoms with Gasteiger partial charge in [0.25, 0.3) is 0 Å². The van der Waals surface area contributed by atoms with E-state index >= 15 is 0 Å². The van der Waals surface area contributed by atoms with E-state index in [4.69, 9.17) is 0 Å². The fraction of sp³-hybridized carbons (Fsp3) is 0.421. The Labute approximate surface area is 147 Å². The molecule has 2 atom stereocenters. The number of carbonyl (C=O) groups excluding carboxylic acids is 2. The number of amides is 2. The second kappa shape index (κ2) is 7.51. The van der Waals surface area contributed by atoms with Gasteiger partial charge in [0, 0.05) is 25.6 Å². The molecule has 0 bridgehead atoms. The van der Waals surface area contributed by atoms with Crippen molar-refractivity contribution in [1.29, 1.82) is 0 Å². The number of nitrogens with zero attached hydrogens (tertiary/aromatic N) is 2. The Bertz CT molecular complexity index is 754. The minimum absolute atomic E-state index is 0.00494.